The summed E-state index contributed by atoms with van der Waals surface area (Å²) < 4.78 is 1.91. The summed E-state index contributed by atoms with van der Waals surface area (Å²) in [6.45, 7) is 13.0. The van der Waals surface area contributed by atoms with E-state index in [1.807, 2.05) is 16.8 Å². The van der Waals surface area contributed by atoms with E-state index in [9.17, 15) is 4.79 Å². The Morgan fingerprint density at radius 2 is 1.73 bits per heavy atom. The van der Waals surface area contributed by atoms with E-state index < -0.39 is 0 Å². The number of allylic oxidation sites excluding steroid dienone is 2. The summed E-state index contributed by atoms with van der Waals surface area (Å²) in [4.78, 5) is 18.3. The second-order valence-corrected chi connectivity index (χ2v) is 11.2. The molecule has 1 aliphatic carbocycles. The summed E-state index contributed by atoms with van der Waals surface area (Å²) in [6.07, 6.45) is 1.36. The zero-order valence-corrected chi connectivity index (χ0v) is 20.4. The molecule has 0 unspecified atom stereocenters. The van der Waals surface area contributed by atoms with Gasteiger partial charge in [-0.1, -0.05) is 83.1 Å². The van der Waals surface area contributed by atoms with Crippen molar-refractivity contribution < 1.29 is 4.79 Å². The molecule has 0 fully saturated rings. The minimum Gasteiger partial charge on any atom is -0.328 e. The van der Waals surface area contributed by atoms with E-state index in [0.29, 0.717) is 18.2 Å². The molecule has 1 atom stereocenters. The number of anilines is 1. The van der Waals surface area contributed by atoms with E-state index in [4.69, 9.17) is 10.1 Å². The van der Waals surface area contributed by atoms with Crippen LogP contribution in [0.3, 0.4) is 0 Å². The fraction of sp³-hybridized carbons (Fsp3) is 0.393. The van der Waals surface area contributed by atoms with E-state index >= 15 is 0 Å². The van der Waals surface area contributed by atoms with Gasteiger partial charge in [-0.3, -0.25) is 4.79 Å². The molecule has 0 amide bonds. The molecule has 5 rings (SSSR count). The van der Waals surface area contributed by atoms with Gasteiger partial charge in [-0.15, -0.1) is 5.10 Å². The Labute approximate surface area is 195 Å². The highest BCUT2D eigenvalue weighted by Crippen LogP contribution is 2.46. The summed E-state index contributed by atoms with van der Waals surface area (Å²) in [7, 11) is 0. The van der Waals surface area contributed by atoms with Gasteiger partial charge in [0, 0.05) is 23.3 Å². The SMILES string of the molecule is Cc1ccccc1[C@H]1C2=C(CC(C)(C)CC2=O)Nc2nc(-c3ccc(C(C)(C)C)cc3)nn21. The van der Waals surface area contributed by atoms with Crippen LogP contribution in [-0.4, -0.2) is 20.5 Å². The maximum Gasteiger partial charge on any atom is 0.226 e. The van der Waals surface area contributed by atoms with Gasteiger partial charge in [0.1, 0.15) is 6.04 Å². The number of carbonyl (C=O) groups is 1. The van der Waals surface area contributed by atoms with Crippen LogP contribution < -0.4 is 5.32 Å². The van der Waals surface area contributed by atoms with Gasteiger partial charge in [-0.2, -0.15) is 4.98 Å². The van der Waals surface area contributed by atoms with Crippen molar-refractivity contribution >= 4 is 11.7 Å². The number of aromatic nitrogens is 3. The van der Waals surface area contributed by atoms with Gasteiger partial charge in [0.25, 0.3) is 0 Å². The third kappa shape index (κ3) is 3.79. The molecule has 0 bridgehead atoms. The lowest BCUT2D eigenvalue weighted by atomic mass is 9.73. The van der Waals surface area contributed by atoms with Crippen molar-refractivity contribution in [2.45, 2.75) is 65.8 Å². The molecule has 1 aromatic heterocycles. The Balaban J connectivity index is 1.64. The van der Waals surface area contributed by atoms with Crippen LogP contribution in [0.2, 0.25) is 0 Å². The number of benzene rings is 2. The standard InChI is InChI=1S/C28H32N4O/c1-17-9-7-8-10-20(17)24-23-21(15-28(5,6)16-22(23)33)29-26-30-25(31-32(24)26)18-11-13-19(14-12-18)27(2,3)4/h7-14,24H,15-16H2,1-6H3,(H,29,30,31)/t24-/m0/s1. The Hall–Kier alpha value is -3.21. The minimum atomic E-state index is -0.267. The largest absolute Gasteiger partial charge is 0.328 e. The molecule has 0 saturated heterocycles. The first kappa shape index (κ1) is 21.6. The van der Waals surface area contributed by atoms with Crippen molar-refractivity contribution in [3.63, 3.8) is 0 Å². The number of hydrogen-bond donors (Lipinski definition) is 1. The summed E-state index contributed by atoms with van der Waals surface area (Å²) >= 11 is 0. The molecule has 1 aliphatic heterocycles. The van der Waals surface area contributed by atoms with Gasteiger partial charge in [0.2, 0.25) is 5.95 Å². The molecule has 3 aromatic rings. The summed E-state index contributed by atoms with van der Waals surface area (Å²) in [5, 5.41) is 8.41. The molecule has 5 heteroatoms. The van der Waals surface area contributed by atoms with Gasteiger partial charge in [0.05, 0.1) is 0 Å². The quantitative estimate of drug-likeness (QED) is 0.515. The van der Waals surface area contributed by atoms with Crippen molar-refractivity contribution in [2.75, 3.05) is 5.32 Å². The minimum absolute atomic E-state index is 0.0764. The Morgan fingerprint density at radius 1 is 1.03 bits per heavy atom. The highest BCUT2D eigenvalue weighted by molar-refractivity contribution is 6.00. The Kier molecular flexibility index (Phi) is 4.85. The summed E-state index contributed by atoms with van der Waals surface area (Å²) in [5.41, 5.74) is 6.32. The first-order chi connectivity index (χ1) is 15.5. The lowest BCUT2D eigenvalue weighted by molar-refractivity contribution is -0.118. The number of hydrogen-bond acceptors (Lipinski definition) is 4. The zero-order valence-electron chi connectivity index (χ0n) is 20.4. The highest BCUT2D eigenvalue weighted by Gasteiger charge is 2.42. The first-order valence-corrected chi connectivity index (χ1v) is 11.7. The average molecular weight is 441 g/mol. The van der Waals surface area contributed by atoms with Crippen LogP contribution in [0.4, 0.5) is 5.95 Å². The molecule has 0 spiro atoms. The number of nitrogens with one attached hydrogen (secondary N) is 1. The van der Waals surface area contributed by atoms with Crippen molar-refractivity contribution in [2.24, 2.45) is 5.41 Å². The van der Waals surface area contributed by atoms with Crippen LogP contribution in [0.25, 0.3) is 11.4 Å². The lowest BCUT2D eigenvalue weighted by Gasteiger charge is -2.38. The van der Waals surface area contributed by atoms with Crippen LogP contribution in [0.15, 0.2) is 59.8 Å². The molecule has 0 saturated carbocycles. The van der Waals surface area contributed by atoms with Gasteiger partial charge in [0.15, 0.2) is 11.6 Å². The summed E-state index contributed by atoms with van der Waals surface area (Å²) in [6, 6.07) is 16.5. The first-order valence-electron chi connectivity index (χ1n) is 11.7. The molecule has 0 radical (unpaired) electrons. The molecule has 1 N–H and O–H groups in total. The van der Waals surface area contributed by atoms with E-state index in [1.165, 1.54) is 5.56 Å². The second-order valence-electron chi connectivity index (χ2n) is 11.2. The maximum atomic E-state index is 13.4. The number of fused-ring (bicyclic) bond motifs is 1. The lowest BCUT2D eigenvalue weighted by Crippen LogP contribution is -2.36. The molecule has 33 heavy (non-hydrogen) atoms. The third-order valence-electron chi connectivity index (χ3n) is 6.82. The van der Waals surface area contributed by atoms with Crippen LogP contribution in [0, 0.1) is 12.3 Å². The predicted molar refractivity (Wildman–Crippen MR) is 132 cm³/mol. The fourth-order valence-corrected chi connectivity index (χ4v) is 5.03. The predicted octanol–water partition coefficient (Wildman–Crippen LogP) is 6.21. The second kappa shape index (κ2) is 7.41. The Bertz CT molecular complexity index is 1270. The van der Waals surface area contributed by atoms with E-state index in [2.05, 4.69) is 83.3 Å². The zero-order chi connectivity index (χ0) is 23.5. The van der Waals surface area contributed by atoms with Gasteiger partial charge >= 0.3 is 0 Å². The van der Waals surface area contributed by atoms with E-state index in [0.717, 1.165) is 34.4 Å². The Morgan fingerprint density at radius 3 is 2.39 bits per heavy atom. The molecule has 5 nitrogen and oxygen atoms in total. The van der Waals surface area contributed by atoms with Crippen molar-refractivity contribution in [3.8, 4) is 11.4 Å². The van der Waals surface area contributed by atoms with E-state index in [1.54, 1.807) is 0 Å². The van der Waals surface area contributed by atoms with Crippen LogP contribution in [0.1, 0.15) is 70.2 Å². The molecule has 2 heterocycles. The van der Waals surface area contributed by atoms with Gasteiger partial charge in [-0.05, 0) is 40.9 Å². The molecular formula is C28H32N4O. The van der Waals surface area contributed by atoms with Crippen LogP contribution >= 0.6 is 0 Å². The number of ketones is 1. The third-order valence-corrected chi connectivity index (χ3v) is 6.82. The number of carbonyl (C=O) groups excluding carboxylic acids is 1. The molecule has 2 aromatic carbocycles. The number of rotatable bonds is 2. The number of aryl methyl sites for hydroxylation is 1. The maximum absolute atomic E-state index is 13.4. The van der Waals surface area contributed by atoms with Crippen molar-refractivity contribution in [3.05, 3.63) is 76.5 Å². The smallest absolute Gasteiger partial charge is 0.226 e. The number of Topliss-reactive ketones (excluding diaryl/α,β-unsaturated/α-hetero) is 1. The van der Waals surface area contributed by atoms with Crippen molar-refractivity contribution in [1.29, 1.82) is 0 Å². The monoisotopic (exact) mass is 440 g/mol. The highest BCUT2D eigenvalue weighted by atomic mass is 16.1. The van der Waals surface area contributed by atoms with E-state index in [-0.39, 0.29) is 22.7 Å². The molecule has 2 aliphatic rings. The van der Waals surface area contributed by atoms with Crippen molar-refractivity contribution in [1.82, 2.24) is 14.8 Å². The average Bonchev–Trinajstić information content (AvgIpc) is 3.15. The topological polar surface area (TPSA) is 59.8 Å². The number of nitrogens with zero attached hydrogens (tertiary/aromatic N) is 3. The van der Waals surface area contributed by atoms with Gasteiger partial charge < -0.3 is 5.32 Å². The fourth-order valence-electron chi connectivity index (χ4n) is 5.03. The van der Waals surface area contributed by atoms with Gasteiger partial charge in [-0.25, -0.2) is 4.68 Å². The van der Waals surface area contributed by atoms with Crippen LogP contribution in [-0.2, 0) is 10.2 Å². The molecular weight excluding hydrogens is 408 g/mol. The summed E-state index contributed by atoms with van der Waals surface area (Å²) in [5.74, 6) is 1.56. The normalized spacial score (nSPS) is 19.7. The molecule has 170 valence electrons. The van der Waals surface area contributed by atoms with Crippen LogP contribution in [0.5, 0.6) is 0 Å².